The van der Waals surface area contributed by atoms with Crippen molar-refractivity contribution in [2.45, 2.75) is 45.7 Å². The summed E-state index contributed by atoms with van der Waals surface area (Å²) in [5.41, 5.74) is 3.69. The number of carbonyl (C=O) groups excluding carboxylic acids is 2. The minimum Gasteiger partial charge on any atom is -0.294 e. The summed E-state index contributed by atoms with van der Waals surface area (Å²) in [4.78, 5) is 27.3. The van der Waals surface area contributed by atoms with E-state index in [2.05, 4.69) is 43.1 Å². The van der Waals surface area contributed by atoms with Gasteiger partial charge in [-0.3, -0.25) is 19.9 Å². The molecule has 2 aliphatic heterocycles. The van der Waals surface area contributed by atoms with Crippen LogP contribution in [0.3, 0.4) is 0 Å². The maximum absolute atomic E-state index is 11.9. The van der Waals surface area contributed by atoms with Crippen molar-refractivity contribution in [1.29, 1.82) is 0 Å². The van der Waals surface area contributed by atoms with E-state index in [-0.39, 0.29) is 17.5 Å². The molecule has 1 saturated heterocycles. The highest BCUT2D eigenvalue weighted by molar-refractivity contribution is 6.05. The zero-order valence-corrected chi connectivity index (χ0v) is 13.5. The molecule has 0 bridgehead atoms. The molecule has 3 rings (SSSR count). The van der Waals surface area contributed by atoms with Gasteiger partial charge in [0.1, 0.15) is 0 Å². The smallest absolute Gasteiger partial charge is 0.294 e. The second-order valence-corrected chi connectivity index (χ2v) is 7.05. The van der Waals surface area contributed by atoms with Crippen molar-refractivity contribution in [3.8, 4) is 0 Å². The van der Waals surface area contributed by atoms with Gasteiger partial charge in [0, 0.05) is 37.3 Å². The van der Waals surface area contributed by atoms with E-state index in [1.54, 1.807) is 4.90 Å². The van der Waals surface area contributed by atoms with E-state index in [9.17, 15) is 9.59 Å². The molecule has 22 heavy (non-hydrogen) atoms. The quantitative estimate of drug-likeness (QED) is 0.866. The summed E-state index contributed by atoms with van der Waals surface area (Å²) in [7, 11) is 0. The van der Waals surface area contributed by atoms with E-state index < -0.39 is 0 Å². The van der Waals surface area contributed by atoms with Crippen LogP contribution < -0.4 is 10.2 Å². The Labute approximate surface area is 131 Å². The maximum Gasteiger partial charge on any atom is 0.328 e. The average molecular weight is 301 g/mol. The first-order valence-electron chi connectivity index (χ1n) is 7.83. The normalized spacial score (nSPS) is 19.9. The third kappa shape index (κ3) is 2.86. The molecule has 0 aliphatic carbocycles. The molecule has 118 valence electrons. The Morgan fingerprint density at radius 2 is 1.82 bits per heavy atom. The highest BCUT2D eigenvalue weighted by Gasteiger charge is 2.28. The molecule has 1 aromatic rings. The van der Waals surface area contributed by atoms with Crippen LogP contribution in [-0.4, -0.2) is 35.5 Å². The molecule has 0 radical (unpaired) electrons. The van der Waals surface area contributed by atoms with E-state index in [0.29, 0.717) is 13.0 Å². The molecule has 0 unspecified atom stereocenters. The number of carbonyl (C=O) groups is 2. The number of fused-ring (bicyclic) bond motifs is 1. The molecule has 5 nitrogen and oxygen atoms in total. The Balaban J connectivity index is 1.81. The molecule has 1 fully saturated rings. The van der Waals surface area contributed by atoms with Crippen LogP contribution in [-0.2, 0) is 17.8 Å². The predicted molar refractivity (Wildman–Crippen MR) is 85.8 cm³/mol. The molecule has 1 aromatic carbocycles. The zero-order chi connectivity index (χ0) is 15.9. The van der Waals surface area contributed by atoms with Gasteiger partial charge in [-0.05, 0) is 50.5 Å². The topological polar surface area (TPSA) is 52.6 Å². The number of urea groups is 1. The number of imide groups is 1. The van der Waals surface area contributed by atoms with Crippen molar-refractivity contribution in [2.24, 2.45) is 0 Å². The highest BCUT2D eigenvalue weighted by atomic mass is 16.2. The molecule has 5 heteroatoms. The van der Waals surface area contributed by atoms with Crippen LogP contribution in [0.5, 0.6) is 0 Å². The fraction of sp³-hybridized carbons (Fsp3) is 0.529. The monoisotopic (exact) mass is 301 g/mol. The van der Waals surface area contributed by atoms with E-state index in [1.165, 1.54) is 11.1 Å². The maximum atomic E-state index is 11.9. The van der Waals surface area contributed by atoms with Gasteiger partial charge in [0.15, 0.2) is 0 Å². The molecule has 3 amide bonds. The lowest BCUT2D eigenvalue weighted by atomic mass is 9.94. The summed E-state index contributed by atoms with van der Waals surface area (Å²) in [6.45, 7) is 9.15. The van der Waals surface area contributed by atoms with Crippen molar-refractivity contribution < 1.29 is 9.59 Å². The molecule has 0 saturated carbocycles. The van der Waals surface area contributed by atoms with E-state index in [1.807, 2.05) is 6.07 Å². The summed E-state index contributed by atoms with van der Waals surface area (Å²) in [6.07, 6.45) is 1.36. The van der Waals surface area contributed by atoms with Crippen molar-refractivity contribution in [2.75, 3.05) is 18.0 Å². The van der Waals surface area contributed by atoms with Crippen molar-refractivity contribution in [3.63, 3.8) is 0 Å². The Bertz CT molecular complexity index is 619. The van der Waals surface area contributed by atoms with Gasteiger partial charge >= 0.3 is 6.03 Å². The lowest BCUT2D eigenvalue weighted by molar-refractivity contribution is -0.120. The number of benzene rings is 1. The molecule has 2 aliphatic rings. The van der Waals surface area contributed by atoms with Gasteiger partial charge in [0.2, 0.25) is 5.91 Å². The molecule has 0 atom stereocenters. The number of anilines is 1. The SMILES string of the molecule is CC(C)(C)N1CCc2cc(N3CCC(=O)NC3=O)ccc2C1. The number of hydrogen-bond acceptors (Lipinski definition) is 3. The highest BCUT2D eigenvalue weighted by Crippen LogP contribution is 2.28. The average Bonchev–Trinajstić information content (AvgIpc) is 2.45. The van der Waals surface area contributed by atoms with Gasteiger partial charge < -0.3 is 0 Å². The second-order valence-electron chi connectivity index (χ2n) is 7.05. The second kappa shape index (κ2) is 5.39. The lowest BCUT2D eigenvalue weighted by Gasteiger charge is -2.39. The van der Waals surface area contributed by atoms with E-state index in [4.69, 9.17) is 0 Å². The third-order valence-corrected chi connectivity index (χ3v) is 4.52. The molecule has 1 N–H and O–H groups in total. The minimum atomic E-state index is -0.316. The summed E-state index contributed by atoms with van der Waals surface area (Å²) in [6, 6.07) is 5.89. The summed E-state index contributed by atoms with van der Waals surface area (Å²) in [5.74, 6) is -0.194. The number of amides is 3. The van der Waals surface area contributed by atoms with Crippen molar-refractivity contribution in [1.82, 2.24) is 10.2 Å². The van der Waals surface area contributed by atoms with Crippen LogP contribution in [0.2, 0.25) is 0 Å². The first-order valence-corrected chi connectivity index (χ1v) is 7.83. The van der Waals surface area contributed by atoms with Crippen LogP contribution in [0, 0.1) is 0 Å². The zero-order valence-electron chi connectivity index (χ0n) is 13.5. The van der Waals surface area contributed by atoms with Crippen LogP contribution in [0.15, 0.2) is 18.2 Å². The van der Waals surface area contributed by atoms with Gasteiger partial charge in [0.05, 0.1) is 0 Å². The first-order chi connectivity index (χ1) is 10.3. The van der Waals surface area contributed by atoms with Gasteiger partial charge in [-0.15, -0.1) is 0 Å². The van der Waals surface area contributed by atoms with Gasteiger partial charge in [0.25, 0.3) is 0 Å². The van der Waals surface area contributed by atoms with Crippen LogP contribution in [0.25, 0.3) is 0 Å². The van der Waals surface area contributed by atoms with Gasteiger partial charge in [-0.2, -0.15) is 0 Å². The van der Waals surface area contributed by atoms with E-state index in [0.717, 1.165) is 25.2 Å². The molecule has 0 aromatic heterocycles. The third-order valence-electron chi connectivity index (χ3n) is 4.52. The van der Waals surface area contributed by atoms with Crippen LogP contribution in [0.1, 0.15) is 38.3 Å². The fourth-order valence-electron chi connectivity index (χ4n) is 3.09. The fourth-order valence-corrected chi connectivity index (χ4v) is 3.09. The summed E-state index contributed by atoms with van der Waals surface area (Å²) in [5, 5.41) is 2.37. The largest absolute Gasteiger partial charge is 0.328 e. The van der Waals surface area contributed by atoms with Crippen LogP contribution in [0.4, 0.5) is 10.5 Å². The molecular weight excluding hydrogens is 278 g/mol. The summed E-state index contributed by atoms with van der Waals surface area (Å²) < 4.78 is 0. The number of nitrogens with one attached hydrogen (secondary N) is 1. The minimum absolute atomic E-state index is 0.170. The number of nitrogens with zero attached hydrogens (tertiary/aromatic N) is 2. The Morgan fingerprint density at radius 3 is 2.50 bits per heavy atom. The van der Waals surface area contributed by atoms with Gasteiger partial charge in [-0.1, -0.05) is 6.07 Å². The molecule has 0 spiro atoms. The van der Waals surface area contributed by atoms with E-state index >= 15 is 0 Å². The number of hydrogen-bond donors (Lipinski definition) is 1. The standard InChI is InChI=1S/C17H23N3O2/c1-17(2,3)19-8-6-12-10-14(5-4-13(12)11-19)20-9-7-15(21)18-16(20)22/h4-5,10H,6-9,11H2,1-3H3,(H,18,21,22). The first kappa shape index (κ1) is 15.0. The Hall–Kier alpha value is -1.88. The van der Waals surface area contributed by atoms with Crippen LogP contribution >= 0.6 is 0 Å². The van der Waals surface area contributed by atoms with Crippen molar-refractivity contribution in [3.05, 3.63) is 29.3 Å². The Kier molecular flexibility index (Phi) is 3.68. The molecule has 2 heterocycles. The summed E-state index contributed by atoms with van der Waals surface area (Å²) >= 11 is 0. The van der Waals surface area contributed by atoms with Crippen molar-refractivity contribution >= 4 is 17.6 Å². The predicted octanol–water partition coefficient (Wildman–Crippen LogP) is 2.29. The number of rotatable bonds is 1. The van der Waals surface area contributed by atoms with Gasteiger partial charge in [-0.25, -0.2) is 4.79 Å². The lowest BCUT2D eigenvalue weighted by Crippen LogP contribution is -2.49. The Morgan fingerprint density at radius 1 is 1.05 bits per heavy atom. The molecular formula is C17H23N3O2.